The largest absolute Gasteiger partial charge is 0.456 e. The molecule has 0 aliphatic rings. The molecule has 1 heterocycles. The van der Waals surface area contributed by atoms with E-state index in [9.17, 15) is 0 Å². The summed E-state index contributed by atoms with van der Waals surface area (Å²) in [6.45, 7) is 6.53. The predicted octanol–water partition coefficient (Wildman–Crippen LogP) is 13.8. The van der Waals surface area contributed by atoms with Crippen molar-refractivity contribution in [2.24, 2.45) is 0 Å². The summed E-state index contributed by atoms with van der Waals surface area (Å²) < 4.78 is 6.53. The lowest BCUT2D eigenvalue weighted by Crippen LogP contribution is -2.12. The molecule has 3 heteroatoms. The SMILES string of the molecule is Cc1ccccc1N(c1ccccc1)c1ccc2c(ccc3oc4ccc5cc(N(c6ccccc6C)c6ccccc6C)ccc5c4c32)c1. The predicted molar refractivity (Wildman–Crippen MR) is 212 cm³/mol. The van der Waals surface area contributed by atoms with Crippen molar-refractivity contribution in [1.29, 1.82) is 0 Å². The van der Waals surface area contributed by atoms with Crippen LogP contribution in [0, 0.1) is 20.8 Å². The number of fused-ring (bicyclic) bond motifs is 7. The molecule has 0 aliphatic heterocycles. The first-order chi connectivity index (χ1) is 24.5. The van der Waals surface area contributed by atoms with Crippen molar-refractivity contribution in [2.75, 3.05) is 9.80 Å². The summed E-state index contributed by atoms with van der Waals surface area (Å²) >= 11 is 0. The summed E-state index contributed by atoms with van der Waals surface area (Å²) in [6, 6.07) is 58.7. The lowest BCUT2D eigenvalue weighted by Gasteiger charge is -2.28. The molecule has 9 rings (SSSR count). The minimum atomic E-state index is 0.900. The first kappa shape index (κ1) is 29.8. The Bertz CT molecular complexity index is 2660. The standard InChI is InChI=1S/C47H36N2O/c1-31-13-7-10-18-41(31)48(36-16-5-4-6-17-36)37-23-25-39-34(29-37)21-27-44-46(39)47-40-26-24-38(30-35(40)22-28-45(47)50-44)49(42-19-11-8-14-32(42)2)43-20-12-9-15-33(43)3/h4-30H,1-3H3. The third kappa shape index (κ3) is 4.90. The van der Waals surface area contributed by atoms with Crippen molar-refractivity contribution in [3.8, 4) is 0 Å². The van der Waals surface area contributed by atoms with E-state index in [-0.39, 0.29) is 0 Å². The van der Waals surface area contributed by atoms with Crippen LogP contribution in [0.25, 0.3) is 43.5 Å². The van der Waals surface area contributed by atoms with Crippen molar-refractivity contribution >= 4 is 77.6 Å². The number of rotatable bonds is 6. The molecule has 240 valence electrons. The maximum Gasteiger partial charge on any atom is 0.136 e. The number of anilines is 6. The zero-order valence-corrected chi connectivity index (χ0v) is 28.4. The number of aryl methyl sites for hydroxylation is 3. The van der Waals surface area contributed by atoms with Crippen LogP contribution < -0.4 is 9.80 Å². The molecule has 0 saturated heterocycles. The van der Waals surface area contributed by atoms with Gasteiger partial charge in [0.2, 0.25) is 0 Å². The summed E-state index contributed by atoms with van der Waals surface area (Å²) in [5.41, 5.74) is 12.4. The number of furan rings is 1. The topological polar surface area (TPSA) is 19.6 Å². The average Bonchev–Trinajstić information content (AvgIpc) is 3.54. The summed E-state index contributed by atoms with van der Waals surface area (Å²) in [4.78, 5) is 4.73. The second-order valence-corrected chi connectivity index (χ2v) is 13.2. The summed E-state index contributed by atoms with van der Waals surface area (Å²) in [7, 11) is 0. The molecule has 0 bridgehead atoms. The minimum absolute atomic E-state index is 0.900. The van der Waals surface area contributed by atoms with Crippen molar-refractivity contribution in [1.82, 2.24) is 0 Å². The summed E-state index contributed by atoms with van der Waals surface area (Å²) in [6.07, 6.45) is 0. The van der Waals surface area contributed by atoms with E-state index < -0.39 is 0 Å². The number of hydrogen-bond acceptors (Lipinski definition) is 3. The van der Waals surface area contributed by atoms with Crippen LogP contribution in [0.5, 0.6) is 0 Å². The Kier molecular flexibility index (Phi) is 7.14. The van der Waals surface area contributed by atoms with E-state index in [1.54, 1.807) is 0 Å². The van der Waals surface area contributed by atoms with Gasteiger partial charge in [0.15, 0.2) is 0 Å². The molecule has 3 nitrogen and oxygen atoms in total. The van der Waals surface area contributed by atoms with Crippen LogP contribution in [0.1, 0.15) is 16.7 Å². The van der Waals surface area contributed by atoms with Crippen LogP contribution in [0.2, 0.25) is 0 Å². The molecule has 0 aliphatic carbocycles. The molecule has 0 radical (unpaired) electrons. The van der Waals surface area contributed by atoms with E-state index in [1.807, 2.05) is 0 Å². The van der Waals surface area contributed by atoms with Gasteiger partial charge in [-0.2, -0.15) is 0 Å². The minimum Gasteiger partial charge on any atom is -0.456 e. The van der Waals surface area contributed by atoms with Gasteiger partial charge in [-0.1, -0.05) is 97.1 Å². The second-order valence-electron chi connectivity index (χ2n) is 13.2. The average molecular weight is 645 g/mol. The third-order valence-electron chi connectivity index (χ3n) is 10.0. The molecule has 0 unspecified atom stereocenters. The molecular formula is C47H36N2O. The summed E-state index contributed by atoms with van der Waals surface area (Å²) in [5, 5.41) is 7.01. The van der Waals surface area contributed by atoms with Crippen molar-refractivity contribution in [3.05, 3.63) is 180 Å². The maximum absolute atomic E-state index is 6.53. The molecule has 8 aromatic carbocycles. The Morgan fingerprint density at radius 3 is 1.26 bits per heavy atom. The number of nitrogens with zero attached hydrogens (tertiary/aromatic N) is 2. The lowest BCUT2D eigenvalue weighted by molar-refractivity contribution is 0.669. The van der Waals surface area contributed by atoms with Gasteiger partial charge >= 0.3 is 0 Å². The highest BCUT2D eigenvalue weighted by atomic mass is 16.3. The van der Waals surface area contributed by atoms with Crippen LogP contribution in [0.4, 0.5) is 34.1 Å². The molecule has 0 N–H and O–H groups in total. The van der Waals surface area contributed by atoms with Gasteiger partial charge in [0.25, 0.3) is 0 Å². The fourth-order valence-corrected chi connectivity index (χ4v) is 7.53. The zero-order chi connectivity index (χ0) is 33.8. The quantitative estimate of drug-likeness (QED) is 0.180. The van der Waals surface area contributed by atoms with Gasteiger partial charge in [-0.25, -0.2) is 0 Å². The molecule has 1 aromatic heterocycles. The Morgan fingerprint density at radius 1 is 0.360 bits per heavy atom. The van der Waals surface area contributed by atoms with Crippen molar-refractivity contribution in [2.45, 2.75) is 20.8 Å². The highest BCUT2D eigenvalue weighted by molar-refractivity contribution is 6.26. The van der Waals surface area contributed by atoms with E-state index >= 15 is 0 Å². The smallest absolute Gasteiger partial charge is 0.136 e. The molecular weight excluding hydrogens is 609 g/mol. The van der Waals surface area contributed by atoms with Crippen molar-refractivity contribution in [3.63, 3.8) is 0 Å². The molecule has 0 spiro atoms. The number of para-hydroxylation sites is 4. The van der Waals surface area contributed by atoms with Crippen LogP contribution in [-0.2, 0) is 0 Å². The van der Waals surface area contributed by atoms with Crippen molar-refractivity contribution < 1.29 is 4.42 Å². The fraction of sp³-hybridized carbons (Fsp3) is 0.0638. The first-order valence-electron chi connectivity index (χ1n) is 17.2. The molecule has 0 amide bonds. The van der Waals surface area contributed by atoms with Gasteiger partial charge in [0.1, 0.15) is 11.2 Å². The van der Waals surface area contributed by atoms with E-state index in [2.05, 4.69) is 194 Å². The van der Waals surface area contributed by atoms with Crippen LogP contribution in [0.3, 0.4) is 0 Å². The van der Waals surface area contributed by atoms with Gasteiger partial charge in [-0.15, -0.1) is 0 Å². The van der Waals surface area contributed by atoms with Gasteiger partial charge in [-0.05, 0) is 126 Å². The molecule has 50 heavy (non-hydrogen) atoms. The van der Waals surface area contributed by atoms with Gasteiger partial charge < -0.3 is 14.2 Å². The number of benzene rings is 8. The van der Waals surface area contributed by atoms with Crippen LogP contribution in [0.15, 0.2) is 168 Å². The third-order valence-corrected chi connectivity index (χ3v) is 10.0. The van der Waals surface area contributed by atoms with Crippen LogP contribution in [-0.4, -0.2) is 0 Å². The molecule has 0 atom stereocenters. The second kappa shape index (κ2) is 12.0. The number of hydrogen-bond donors (Lipinski definition) is 0. The zero-order valence-electron chi connectivity index (χ0n) is 28.4. The van der Waals surface area contributed by atoms with E-state index in [4.69, 9.17) is 4.42 Å². The van der Waals surface area contributed by atoms with Crippen LogP contribution >= 0.6 is 0 Å². The van der Waals surface area contributed by atoms with E-state index in [1.165, 1.54) is 55.3 Å². The molecule has 0 fully saturated rings. The summed E-state index contributed by atoms with van der Waals surface area (Å²) in [5.74, 6) is 0. The Balaban J connectivity index is 1.23. The van der Waals surface area contributed by atoms with Gasteiger partial charge in [-0.3, -0.25) is 0 Å². The monoisotopic (exact) mass is 644 g/mol. The Hall–Kier alpha value is -6.32. The highest BCUT2D eigenvalue weighted by Crippen LogP contribution is 2.44. The normalized spacial score (nSPS) is 11.5. The molecule has 9 aromatic rings. The van der Waals surface area contributed by atoms with E-state index in [0.717, 1.165) is 39.0 Å². The van der Waals surface area contributed by atoms with Gasteiger partial charge in [0.05, 0.1) is 0 Å². The maximum atomic E-state index is 6.53. The Labute approximate surface area is 292 Å². The van der Waals surface area contributed by atoms with Gasteiger partial charge in [0, 0.05) is 44.9 Å². The fourth-order valence-electron chi connectivity index (χ4n) is 7.53. The lowest BCUT2D eigenvalue weighted by atomic mass is 9.98. The van der Waals surface area contributed by atoms with E-state index in [0.29, 0.717) is 0 Å². The Morgan fingerprint density at radius 2 is 0.780 bits per heavy atom. The highest BCUT2D eigenvalue weighted by Gasteiger charge is 2.20. The molecule has 0 saturated carbocycles. The first-order valence-corrected chi connectivity index (χ1v) is 17.2.